The van der Waals surface area contributed by atoms with Crippen molar-refractivity contribution in [1.82, 2.24) is 10.2 Å². The van der Waals surface area contributed by atoms with Crippen LogP contribution in [-0.2, 0) is 4.74 Å². The van der Waals surface area contributed by atoms with E-state index in [2.05, 4.69) is 36.1 Å². The van der Waals surface area contributed by atoms with Crippen LogP contribution in [0, 0.1) is 5.92 Å². The molecule has 0 spiro atoms. The highest BCUT2D eigenvalue weighted by Crippen LogP contribution is 2.18. The van der Waals surface area contributed by atoms with Crippen LogP contribution in [0.5, 0.6) is 0 Å². The molecule has 0 aromatic carbocycles. The molecule has 1 aliphatic heterocycles. The fourth-order valence-electron chi connectivity index (χ4n) is 1.51. The Labute approximate surface area is 109 Å². The number of hydrogen-bond donors (Lipinski definition) is 1. The molecule has 0 aromatic rings. The number of methoxy groups -OCH3 is 1. The summed E-state index contributed by atoms with van der Waals surface area (Å²) < 4.78 is 5.04. The zero-order chi connectivity index (χ0) is 12.7. The summed E-state index contributed by atoms with van der Waals surface area (Å²) in [4.78, 5) is 6.85. The van der Waals surface area contributed by atoms with E-state index in [0.29, 0.717) is 6.04 Å². The summed E-state index contributed by atoms with van der Waals surface area (Å²) in [5.41, 5.74) is 0. The Balaban J connectivity index is 2.20. The van der Waals surface area contributed by atoms with E-state index in [1.807, 2.05) is 11.8 Å². The lowest BCUT2D eigenvalue weighted by molar-refractivity contribution is 0.163. The van der Waals surface area contributed by atoms with Crippen LogP contribution in [0.3, 0.4) is 0 Å². The van der Waals surface area contributed by atoms with E-state index in [-0.39, 0.29) is 0 Å². The Kier molecular flexibility index (Phi) is 6.92. The summed E-state index contributed by atoms with van der Waals surface area (Å²) >= 11 is 1.84. The van der Waals surface area contributed by atoms with Crippen molar-refractivity contribution in [3.63, 3.8) is 0 Å². The van der Waals surface area contributed by atoms with Gasteiger partial charge in [0, 0.05) is 32.0 Å². The van der Waals surface area contributed by atoms with E-state index in [1.54, 1.807) is 7.11 Å². The molecule has 0 radical (unpaired) electrons. The van der Waals surface area contributed by atoms with Gasteiger partial charge in [0.05, 0.1) is 13.2 Å². The number of ether oxygens (including phenoxy) is 1. The fourth-order valence-corrected chi connectivity index (χ4v) is 2.67. The first-order valence-corrected chi connectivity index (χ1v) is 7.23. The van der Waals surface area contributed by atoms with Crippen molar-refractivity contribution in [2.75, 3.05) is 46.2 Å². The smallest absolute Gasteiger partial charge is 0.156 e. The lowest BCUT2D eigenvalue weighted by Crippen LogP contribution is -2.41. The van der Waals surface area contributed by atoms with Crippen molar-refractivity contribution in [2.45, 2.75) is 19.9 Å². The number of hydrogen-bond acceptors (Lipinski definition) is 4. The second-order valence-electron chi connectivity index (χ2n) is 4.70. The maximum Gasteiger partial charge on any atom is 0.156 e. The predicted octanol–water partition coefficient (Wildman–Crippen LogP) is 1.28. The highest BCUT2D eigenvalue weighted by atomic mass is 32.2. The molecule has 1 rings (SSSR count). The summed E-state index contributed by atoms with van der Waals surface area (Å²) in [6.07, 6.45) is 0. The quantitative estimate of drug-likeness (QED) is 0.780. The van der Waals surface area contributed by atoms with Gasteiger partial charge in [-0.1, -0.05) is 18.7 Å². The second kappa shape index (κ2) is 7.95. The SMILES string of the molecule is COCCN(C)CCN=C1NC(C)C(C)CS1. The molecule has 2 atom stereocenters. The zero-order valence-corrected chi connectivity index (χ0v) is 12.2. The molecule has 2 unspecified atom stereocenters. The standard InChI is InChI=1S/C12H25N3OS/c1-10-9-17-12(14-11(10)2)13-5-6-15(3)7-8-16-4/h10-11H,5-9H2,1-4H3,(H,13,14). The highest BCUT2D eigenvalue weighted by molar-refractivity contribution is 8.13. The molecule has 0 aliphatic carbocycles. The third-order valence-corrected chi connectivity index (χ3v) is 4.31. The van der Waals surface area contributed by atoms with Gasteiger partial charge in [0.2, 0.25) is 0 Å². The van der Waals surface area contributed by atoms with Gasteiger partial charge in [-0.3, -0.25) is 4.99 Å². The number of nitrogens with zero attached hydrogens (tertiary/aromatic N) is 2. The molecule has 0 aromatic heterocycles. The molecule has 1 saturated heterocycles. The van der Waals surface area contributed by atoms with E-state index in [1.165, 1.54) is 5.75 Å². The minimum atomic E-state index is 0.543. The van der Waals surface area contributed by atoms with E-state index in [9.17, 15) is 0 Å². The van der Waals surface area contributed by atoms with Gasteiger partial charge in [-0.05, 0) is 19.9 Å². The Morgan fingerprint density at radius 1 is 1.47 bits per heavy atom. The van der Waals surface area contributed by atoms with Crippen LogP contribution in [0.4, 0.5) is 0 Å². The second-order valence-corrected chi connectivity index (χ2v) is 5.71. The lowest BCUT2D eigenvalue weighted by atomic mass is 10.1. The minimum absolute atomic E-state index is 0.543. The molecule has 100 valence electrons. The van der Waals surface area contributed by atoms with Crippen molar-refractivity contribution >= 4 is 16.9 Å². The molecular weight excluding hydrogens is 234 g/mol. The van der Waals surface area contributed by atoms with Crippen LogP contribution in [0.15, 0.2) is 4.99 Å². The Bertz CT molecular complexity index is 248. The predicted molar refractivity (Wildman–Crippen MR) is 75.9 cm³/mol. The van der Waals surface area contributed by atoms with Gasteiger partial charge in [-0.25, -0.2) is 0 Å². The first kappa shape index (κ1) is 14.8. The molecule has 1 aliphatic rings. The summed E-state index contributed by atoms with van der Waals surface area (Å²) in [5.74, 6) is 1.90. The monoisotopic (exact) mass is 259 g/mol. The van der Waals surface area contributed by atoms with E-state index >= 15 is 0 Å². The molecule has 1 heterocycles. The molecular formula is C12H25N3OS. The lowest BCUT2D eigenvalue weighted by Gasteiger charge is -2.28. The molecule has 0 amide bonds. The van der Waals surface area contributed by atoms with E-state index < -0.39 is 0 Å². The first-order chi connectivity index (χ1) is 8.13. The Morgan fingerprint density at radius 3 is 2.88 bits per heavy atom. The molecule has 5 heteroatoms. The summed E-state index contributed by atoms with van der Waals surface area (Å²) in [7, 11) is 3.84. The third-order valence-electron chi connectivity index (χ3n) is 3.10. The summed E-state index contributed by atoms with van der Waals surface area (Å²) in [6, 6.07) is 0.543. The van der Waals surface area contributed by atoms with Crippen molar-refractivity contribution in [3.05, 3.63) is 0 Å². The van der Waals surface area contributed by atoms with Gasteiger partial charge in [0.15, 0.2) is 5.17 Å². The number of thioether (sulfide) groups is 1. The molecule has 1 N–H and O–H groups in total. The maximum absolute atomic E-state index is 5.04. The molecule has 0 bridgehead atoms. The van der Waals surface area contributed by atoms with E-state index in [4.69, 9.17) is 4.74 Å². The van der Waals surface area contributed by atoms with Crippen LogP contribution < -0.4 is 5.32 Å². The number of amidine groups is 1. The third kappa shape index (κ3) is 5.75. The van der Waals surface area contributed by atoms with Crippen molar-refractivity contribution in [3.8, 4) is 0 Å². The van der Waals surface area contributed by atoms with Gasteiger partial charge in [0.25, 0.3) is 0 Å². The first-order valence-electron chi connectivity index (χ1n) is 6.24. The highest BCUT2D eigenvalue weighted by Gasteiger charge is 2.20. The van der Waals surface area contributed by atoms with Crippen molar-refractivity contribution in [1.29, 1.82) is 0 Å². The fraction of sp³-hybridized carbons (Fsp3) is 0.917. The molecule has 0 saturated carbocycles. The van der Waals surface area contributed by atoms with Crippen LogP contribution >= 0.6 is 11.8 Å². The van der Waals surface area contributed by atoms with Gasteiger partial charge in [0.1, 0.15) is 0 Å². The zero-order valence-electron chi connectivity index (χ0n) is 11.4. The number of likely N-dealkylation sites (N-methyl/N-ethyl adjacent to an activating group) is 1. The van der Waals surface area contributed by atoms with Crippen molar-refractivity contribution < 1.29 is 4.74 Å². The van der Waals surface area contributed by atoms with Crippen LogP contribution in [0.2, 0.25) is 0 Å². The van der Waals surface area contributed by atoms with Gasteiger partial charge in [-0.2, -0.15) is 0 Å². The average Bonchev–Trinajstić information content (AvgIpc) is 2.31. The normalized spacial score (nSPS) is 27.5. The Hall–Kier alpha value is -0.260. The number of nitrogens with one attached hydrogen (secondary N) is 1. The maximum atomic E-state index is 5.04. The van der Waals surface area contributed by atoms with Gasteiger partial charge >= 0.3 is 0 Å². The number of rotatable bonds is 6. The molecule has 1 fully saturated rings. The summed E-state index contributed by atoms with van der Waals surface area (Å²) in [5, 5.41) is 4.56. The summed E-state index contributed by atoms with van der Waals surface area (Å²) in [6.45, 7) is 8.10. The van der Waals surface area contributed by atoms with Crippen molar-refractivity contribution in [2.24, 2.45) is 10.9 Å². The van der Waals surface area contributed by atoms with E-state index in [0.717, 1.165) is 37.3 Å². The van der Waals surface area contributed by atoms with Crippen LogP contribution in [0.1, 0.15) is 13.8 Å². The average molecular weight is 259 g/mol. The largest absolute Gasteiger partial charge is 0.383 e. The Morgan fingerprint density at radius 2 is 2.24 bits per heavy atom. The van der Waals surface area contributed by atoms with Crippen LogP contribution in [0.25, 0.3) is 0 Å². The minimum Gasteiger partial charge on any atom is -0.383 e. The topological polar surface area (TPSA) is 36.9 Å². The van der Waals surface area contributed by atoms with Crippen LogP contribution in [-0.4, -0.2) is 62.3 Å². The number of aliphatic imine (C=N–C) groups is 1. The molecule has 17 heavy (non-hydrogen) atoms. The molecule has 4 nitrogen and oxygen atoms in total. The van der Waals surface area contributed by atoms with Gasteiger partial charge < -0.3 is 15.0 Å². The van der Waals surface area contributed by atoms with Gasteiger partial charge in [-0.15, -0.1) is 0 Å².